The molecule has 3 nitrogen and oxygen atoms in total. The minimum absolute atomic E-state index is 0.0583. The molecule has 6 heteroatoms. The third-order valence-corrected chi connectivity index (χ3v) is 7.59. The Bertz CT molecular complexity index is 954. The average Bonchev–Trinajstić information content (AvgIpc) is 3.39. The van der Waals surface area contributed by atoms with Crippen molar-refractivity contribution in [2.45, 2.75) is 18.2 Å². The van der Waals surface area contributed by atoms with Gasteiger partial charge in [-0.15, -0.1) is 34.4 Å². The van der Waals surface area contributed by atoms with Gasteiger partial charge in [-0.2, -0.15) is 5.26 Å². The highest BCUT2D eigenvalue weighted by molar-refractivity contribution is 7.99. The lowest BCUT2D eigenvalue weighted by molar-refractivity contribution is -0.130. The summed E-state index contributed by atoms with van der Waals surface area (Å²) in [6.07, 6.45) is 0.945. The molecule has 0 radical (unpaired) electrons. The summed E-state index contributed by atoms with van der Waals surface area (Å²) in [5.74, 6) is 1.45. The molecular weight excluding hydrogens is 392 g/mol. The minimum Gasteiger partial charge on any atom is -0.330 e. The van der Waals surface area contributed by atoms with Crippen molar-refractivity contribution < 1.29 is 4.79 Å². The maximum Gasteiger partial charge on any atom is 0.233 e. The number of thiophene rings is 2. The van der Waals surface area contributed by atoms with Crippen molar-refractivity contribution in [3.8, 4) is 6.07 Å². The second-order valence-corrected chi connectivity index (χ2v) is 9.32. The fourth-order valence-electron chi connectivity index (χ4n) is 3.35. The molecule has 1 aliphatic rings. The highest BCUT2D eigenvalue weighted by atomic mass is 32.2. The Morgan fingerprint density at radius 1 is 1.19 bits per heavy atom. The largest absolute Gasteiger partial charge is 0.330 e. The van der Waals surface area contributed by atoms with Gasteiger partial charge in [0.2, 0.25) is 5.91 Å². The zero-order chi connectivity index (χ0) is 18.6. The minimum atomic E-state index is 0.0583. The van der Waals surface area contributed by atoms with E-state index in [0.29, 0.717) is 11.3 Å². The lowest BCUT2D eigenvalue weighted by Crippen LogP contribution is -2.40. The van der Waals surface area contributed by atoms with Crippen molar-refractivity contribution in [3.05, 3.63) is 79.7 Å². The van der Waals surface area contributed by atoms with Crippen LogP contribution in [0, 0.1) is 11.3 Å². The number of thioether (sulfide) groups is 1. The van der Waals surface area contributed by atoms with Gasteiger partial charge < -0.3 is 4.90 Å². The van der Waals surface area contributed by atoms with Crippen molar-refractivity contribution in [1.29, 1.82) is 5.26 Å². The first-order valence-corrected chi connectivity index (χ1v) is 11.6. The van der Waals surface area contributed by atoms with Crippen LogP contribution >= 0.6 is 34.4 Å². The van der Waals surface area contributed by atoms with E-state index < -0.39 is 0 Å². The van der Waals surface area contributed by atoms with E-state index >= 15 is 0 Å². The molecular formula is C21H18N2OS3. The zero-order valence-electron chi connectivity index (χ0n) is 14.6. The van der Waals surface area contributed by atoms with Gasteiger partial charge in [-0.3, -0.25) is 4.79 Å². The van der Waals surface area contributed by atoms with Gasteiger partial charge >= 0.3 is 0 Å². The third-order valence-electron chi connectivity index (χ3n) is 4.68. The molecule has 0 saturated carbocycles. The van der Waals surface area contributed by atoms with Gasteiger partial charge in [0, 0.05) is 22.1 Å². The molecule has 1 amide bonds. The van der Waals surface area contributed by atoms with E-state index in [2.05, 4.69) is 35.0 Å². The summed E-state index contributed by atoms with van der Waals surface area (Å²) in [5.41, 5.74) is 3.10. The van der Waals surface area contributed by atoms with Crippen LogP contribution in [0.15, 0.2) is 53.2 Å². The maximum absolute atomic E-state index is 13.0. The number of nitriles is 1. The smallest absolute Gasteiger partial charge is 0.233 e. The Kier molecular flexibility index (Phi) is 5.63. The first kappa shape index (κ1) is 18.3. The molecule has 27 heavy (non-hydrogen) atoms. The number of fused-ring (bicyclic) bond motifs is 1. The van der Waals surface area contributed by atoms with E-state index in [1.165, 1.54) is 15.3 Å². The van der Waals surface area contributed by atoms with Gasteiger partial charge in [0.05, 0.1) is 23.4 Å². The van der Waals surface area contributed by atoms with E-state index in [1.807, 2.05) is 29.2 Å². The molecule has 0 unspecified atom stereocenters. The highest BCUT2D eigenvalue weighted by Gasteiger charge is 2.33. The summed E-state index contributed by atoms with van der Waals surface area (Å²) in [4.78, 5) is 17.7. The fraction of sp³-hybridized carbons (Fsp3) is 0.238. The molecule has 2 aromatic heterocycles. The summed E-state index contributed by atoms with van der Waals surface area (Å²) < 4.78 is 0. The molecule has 0 spiro atoms. The molecule has 3 heterocycles. The molecule has 0 aliphatic carbocycles. The molecule has 0 N–H and O–H groups in total. The standard InChI is InChI=1S/C21H18N2OS3/c22-12-15-3-5-16(6-4-15)13-25-14-20(24)23-9-7-18-17(8-11-27-18)21(23)19-2-1-10-26-19/h1-6,8,10-11,21H,7,9,13-14H2/t21-/m0/s1. The number of benzene rings is 1. The van der Waals surface area contributed by atoms with Crippen molar-refractivity contribution >= 4 is 40.3 Å². The molecule has 0 bridgehead atoms. The van der Waals surface area contributed by atoms with Crippen LogP contribution in [0.1, 0.15) is 32.5 Å². The van der Waals surface area contributed by atoms with Crippen LogP contribution in [0.2, 0.25) is 0 Å². The highest BCUT2D eigenvalue weighted by Crippen LogP contribution is 2.39. The van der Waals surface area contributed by atoms with Crippen molar-refractivity contribution in [3.63, 3.8) is 0 Å². The molecule has 1 atom stereocenters. The monoisotopic (exact) mass is 410 g/mol. The predicted octanol–water partition coefficient (Wildman–Crippen LogP) is 5.09. The van der Waals surface area contributed by atoms with Gasteiger partial charge in [-0.1, -0.05) is 18.2 Å². The number of hydrogen-bond acceptors (Lipinski definition) is 5. The Morgan fingerprint density at radius 3 is 2.78 bits per heavy atom. The zero-order valence-corrected chi connectivity index (χ0v) is 17.1. The molecule has 3 aromatic rings. The Hall–Kier alpha value is -2.07. The van der Waals surface area contributed by atoms with Crippen LogP contribution in [0.3, 0.4) is 0 Å². The predicted molar refractivity (Wildman–Crippen MR) is 113 cm³/mol. The summed E-state index contributed by atoms with van der Waals surface area (Å²) in [6.45, 7) is 0.784. The van der Waals surface area contributed by atoms with E-state index in [9.17, 15) is 4.79 Å². The van der Waals surface area contributed by atoms with E-state index in [0.717, 1.165) is 24.3 Å². The molecule has 0 saturated heterocycles. The third kappa shape index (κ3) is 3.96. The van der Waals surface area contributed by atoms with E-state index in [4.69, 9.17) is 5.26 Å². The van der Waals surface area contributed by atoms with Crippen molar-refractivity contribution in [2.24, 2.45) is 0 Å². The Balaban J connectivity index is 1.43. The summed E-state index contributed by atoms with van der Waals surface area (Å²) in [5, 5.41) is 13.1. The fourth-order valence-corrected chi connectivity index (χ4v) is 5.98. The van der Waals surface area contributed by atoms with Crippen LogP contribution in [-0.4, -0.2) is 23.1 Å². The summed E-state index contributed by atoms with van der Waals surface area (Å²) in [6, 6.07) is 16.1. The summed E-state index contributed by atoms with van der Waals surface area (Å²) >= 11 is 5.15. The first-order valence-electron chi connectivity index (χ1n) is 8.72. The van der Waals surface area contributed by atoms with Gasteiger partial charge in [0.15, 0.2) is 0 Å². The van der Waals surface area contributed by atoms with Gasteiger partial charge in [-0.05, 0) is 52.6 Å². The lowest BCUT2D eigenvalue weighted by Gasteiger charge is -2.35. The molecule has 4 rings (SSSR count). The SMILES string of the molecule is N#Cc1ccc(CSCC(=O)N2CCc3sccc3[C@H]2c2cccs2)cc1. The number of rotatable bonds is 5. The average molecular weight is 411 g/mol. The second-order valence-electron chi connectivity index (χ2n) is 6.36. The van der Waals surface area contributed by atoms with Crippen LogP contribution in [0.4, 0.5) is 0 Å². The Morgan fingerprint density at radius 2 is 2.04 bits per heavy atom. The van der Waals surface area contributed by atoms with Crippen LogP contribution in [0.25, 0.3) is 0 Å². The van der Waals surface area contributed by atoms with Gasteiger partial charge in [0.25, 0.3) is 0 Å². The van der Waals surface area contributed by atoms with Crippen molar-refractivity contribution in [1.82, 2.24) is 4.90 Å². The maximum atomic E-state index is 13.0. The normalized spacial score (nSPS) is 16.0. The number of nitrogens with zero attached hydrogens (tertiary/aromatic N) is 2. The topological polar surface area (TPSA) is 44.1 Å². The van der Waals surface area contributed by atoms with Crippen LogP contribution in [0.5, 0.6) is 0 Å². The van der Waals surface area contributed by atoms with Crippen molar-refractivity contribution in [2.75, 3.05) is 12.3 Å². The molecule has 0 fully saturated rings. The van der Waals surface area contributed by atoms with Crippen LogP contribution < -0.4 is 0 Å². The first-order chi connectivity index (χ1) is 13.3. The van der Waals surface area contributed by atoms with E-state index in [-0.39, 0.29) is 11.9 Å². The number of carbonyl (C=O) groups is 1. The lowest BCUT2D eigenvalue weighted by atomic mass is 9.98. The second kappa shape index (κ2) is 8.30. The van der Waals surface area contributed by atoms with E-state index in [1.54, 1.807) is 34.4 Å². The quantitative estimate of drug-likeness (QED) is 0.588. The number of hydrogen-bond donors (Lipinski definition) is 0. The van der Waals surface area contributed by atoms with Gasteiger partial charge in [-0.25, -0.2) is 0 Å². The number of carbonyl (C=O) groups excluding carboxylic acids is 1. The molecule has 136 valence electrons. The Labute approximate surface area is 171 Å². The number of amides is 1. The molecule has 1 aromatic carbocycles. The van der Waals surface area contributed by atoms with Crippen LogP contribution in [-0.2, 0) is 17.0 Å². The molecule has 1 aliphatic heterocycles. The van der Waals surface area contributed by atoms with Gasteiger partial charge in [0.1, 0.15) is 0 Å². The summed E-state index contributed by atoms with van der Waals surface area (Å²) in [7, 11) is 0.